The van der Waals surface area contributed by atoms with E-state index in [-0.39, 0.29) is 30.7 Å². The Morgan fingerprint density at radius 2 is 1.92 bits per heavy atom. The van der Waals surface area contributed by atoms with Gasteiger partial charge in [-0.2, -0.15) is 0 Å². The van der Waals surface area contributed by atoms with Gasteiger partial charge in [0.2, 0.25) is 11.8 Å². The first-order valence-corrected chi connectivity index (χ1v) is 10.3. The second-order valence-electron chi connectivity index (χ2n) is 7.15. The lowest BCUT2D eigenvalue weighted by Gasteiger charge is -2.29. The maximum absolute atomic E-state index is 12.5. The molecule has 2 amide bonds. The van der Waals surface area contributed by atoms with Gasteiger partial charge in [-0.15, -0.1) is 11.8 Å². The number of amides is 2. The Kier molecular flexibility index (Phi) is 7.82. The summed E-state index contributed by atoms with van der Waals surface area (Å²) in [5.41, 5.74) is 0.978. The highest BCUT2D eigenvalue weighted by atomic mass is 32.2. The molecule has 25 heavy (non-hydrogen) atoms. The third kappa shape index (κ3) is 6.38. The number of carbonyl (C=O) groups excluding carboxylic acids is 2. The molecule has 1 aromatic carbocycles. The Balaban J connectivity index is 1.76. The molecule has 1 N–H and O–H groups in total. The summed E-state index contributed by atoms with van der Waals surface area (Å²) >= 11 is 1.78. The molecule has 5 heteroatoms. The first-order chi connectivity index (χ1) is 12.0. The second-order valence-corrected chi connectivity index (χ2v) is 8.29. The molecule has 1 aromatic rings. The molecular formula is C20H30N2O2S. The molecule has 4 nitrogen and oxygen atoms in total. The van der Waals surface area contributed by atoms with Crippen molar-refractivity contribution in [3.8, 4) is 0 Å². The van der Waals surface area contributed by atoms with Crippen LogP contribution in [0.2, 0.25) is 0 Å². The van der Waals surface area contributed by atoms with Crippen LogP contribution in [0.15, 0.2) is 29.2 Å². The fraction of sp³-hybridized carbons (Fsp3) is 0.600. The van der Waals surface area contributed by atoms with Crippen molar-refractivity contribution < 1.29 is 9.59 Å². The van der Waals surface area contributed by atoms with E-state index in [2.05, 4.69) is 19.2 Å². The fourth-order valence-electron chi connectivity index (χ4n) is 3.04. The number of hydrogen-bond acceptors (Lipinski definition) is 3. The van der Waals surface area contributed by atoms with Gasteiger partial charge in [-0.05, 0) is 31.4 Å². The van der Waals surface area contributed by atoms with Gasteiger partial charge in [0.05, 0.1) is 5.69 Å². The highest BCUT2D eigenvalue weighted by molar-refractivity contribution is 7.99. The Morgan fingerprint density at radius 3 is 2.68 bits per heavy atom. The maximum Gasteiger partial charge on any atom is 0.227 e. The van der Waals surface area contributed by atoms with Crippen molar-refractivity contribution in [2.75, 3.05) is 17.2 Å². The Hall–Kier alpha value is -1.49. The molecule has 0 fully saturated rings. The third-order valence-electron chi connectivity index (χ3n) is 4.42. The number of carbonyl (C=O) groups is 2. The molecular weight excluding hydrogens is 332 g/mol. The van der Waals surface area contributed by atoms with Gasteiger partial charge >= 0.3 is 0 Å². The van der Waals surface area contributed by atoms with E-state index in [9.17, 15) is 9.59 Å². The number of thioether (sulfide) groups is 1. The van der Waals surface area contributed by atoms with E-state index in [4.69, 9.17) is 0 Å². The van der Waals surface area contributed by atoms with Gasteiger partial charge < -0.3 is 10.2 Å². The monoisotopic (exact) mass is 362 g/mol. The smallest absolute Gasteiger partial charge is 0.227 e. The SMILES string of the molecule is CC(C)CCCC(C)NC(=O)CCC(=O)N1CCSc2ccccc21. The zero-order chi connectivity index (χ0) is 18.2. The van der Waals surface area contributed by atoms with E-state index in [0.29, 0.717) is 12.5 Å². The molecule has 1 aliphatic rings. The van der Waals surface area contributed by atoms with Gasteiger partial charge in [0.25, 0.3) is 0 Å². The first kappa shape index (κ1) is 19.8. The van der Waals surface area contributed by atoms with E-state index in [0.717, 1.165) is 29.2 Å². The zero-order valence-corrected chi connectivity index (χ0v) is 16.4. The average molecular weight is 363 g/mol. The number of hydrogen-bond donors (Lipinski definition) is 1. The molecule has 0 aromatic heterocycles. The maximum atomic E-state index is 12.5. The Bertz CT molecular complexity index is 589. The van der Waals surface area contributed by atoms with Crippen molar-refractivity contribution in [2.24, 2.45) is 5.92 Å². The summed E-state index contributed by atoms with van der Waals surface area (Å²) in [4.78, 5) is 27.6. The molecule has 0 spiro atoms. The van der Waals surface area contributed by atoms with Gasteiger partial charge in [0.15, 0.2) is 0 Å². The molecule has 1 atom stereocenters. The second kappa shape index (κ2) is 9.85. The summed E-state index contributed by atoms with van der Waals surface area (Å²) in [7, 11) is 0. The van der Waals surface area contributed by atoms with E-state index in [1.54, 1.807) is 11.8 Å². The minimum Gasteiger partial charge on any atom is -0.354 e. The fourth-order valence-corrected chi connectivity index (χ4v) is 4.03. The number of rotatable bonds is 8. The topological polar surface area (TPSA) is 49.4 Å². The summed E-state index contributed by atoms with van der Waals surface area (Å²) in [6.45, 7) is 7.18. The molecule has 1 aliphatic heterocycles. The lowest BCUT2D eigenvalue weighted by atomic mass is 10.0. The number of nitrogens with zero attached hydrogens (tertiary/aromatic N) is 1. The summed E-state index contributed by atoms with van der Waals surface area (Å²) in [5.74, 6) is 1.62. The standard InChI is InChI=1S/C20H30N2O2S/c1-15(2)7-6-8-16(3)21-19(23)11-12-20(24)22-13-14-25-18-10-5-4-9-17(18)22/h4-5,9-10,15-16H,6-8,11-14H2,1-3H3,(H,21,23). The Labute approximate surface area is 155 Å². The van der Waals surface area contributed by atoms with Crippen molar-refractivity contribution in [3.05, 3.63) is 24.3 Å². The van der Waals surface area contributed by atoms with Gasteiger partial charge in [-0.25, -0.2) is 0 Å². The van der Waals surface area contributed by atoms with Crippen molar-refractivity contribution >= 4 is 29.3 Å². The molecule has 0 bridgehead atoms. The predicted octanol–water partition coefficient (Wildman–Crippen LogP) is 4.24. The van der Waals surface area contributed by atoms with Crippen LogP contribution in [-0.2, 0) is 9.59 Å². The first-order valence-electron chi connectivity index (χ1n) is 9.29. The molecule has 0 saturated carbocycles. The van der Waals surface area contributed by atoms with E-state index >= 15 is 0 Å². The van der Waals surface area contributed by atoms with Gasteiger partial charge in [0.1, 0.15) is 0 Å². The molecule has 0 aliphatic carbocycles. The van der Waals surface area contributed by atoms with Crippen molar-refractivity contribution in [3.63, 3.8) is 0 Å². The van der Waals surface area contributed by atoms with Gasteiger partial charge in [-0.3, -0.25) is 9.59 Å². The summed E-state index contributed by atoms with van der Waals surface area (Å²) in [6, 6.07) is 8.15. The largest absolute Gasteiger partial charge is 0.354 e. The third-order valence-corrected chi connectivity index (χ3v) is 5.46. The van der Waals surface area contributed by atoms with Crippen LogP contribution in [0.4, 0.5) is 5.69 Å². The number of nitrogens with one attached hydrogen (secondary N) is 1. The highest BCUT2D eigenvalue weighted by Crippen LogP contribution is 2.34. The van der Waals surface area contributed by atoms with Gasteiger partial charge in [-0.1, -0.05) is 38.8 Å². The van der Waals surface area contributed by atoms with E-state index < -0.39 is 0 Å². The van der Waals surface area contributed by atoms with Crippen molar-refractivity contribution in [1.82, 2.24) is 5.32 Å². The summed E-state index contributed by atoms with van der Waals surface area (Å²) in [6.07, 6.45) is 3.84. The number of benzene rings is 1. The predicted molar refractivity (Wildman–Crippen MR) is 105 cm³/mol. The quantitative estimate of drug-likeness (QED) is 0.752. The van der Waals surface area contributed by atoms with Crippen LogP contribution in [0, 0.1) is 5.92 Å². The highest BCUT2D eigenvalue weighted by Gasteiger charge is 2.23. The molecule has 138 valence electrons. The number of fused-ring (bicyclic) bond motifs is 1. The number of anilines is 1. The van der Waals surface area contributed by atoms with Crippen LogP contribution in [0.5, 0.6) is 0 Å². The lowest BCUT2D eigenvalue weighted by molar-refractivity contribution is -0.125. The van der Waals surface area contributed by atoms with E-state index in [1.165, 1.54) is 6.42 Å². The van der Waals surface area contributed by atoms with Crippen molar-refractivity contribution in [2.45, 2.75) is 63.8 Å². The Morgan fingerprint density at radius 1 is 1.16 bits per heavy atom. The van der Waals surface area contributed by atoms with Crippen LogP contribution in [0.25, 0.3) is 0 Å². The lowest BCUT2D eigenvalue weighted by Crippen LogP contribution is -2.37. The molecule has 0 radical (unpaired) electrons. The zero-order valence-electron chi connectivity index (χ0n) is 15.6. The summed E-state index contributed by atoms with van der Waals surface area (Å²) < 4.78 is 0. The van der Waals surface area contributed by atoms with Crippen LogP contribution in [-0.4, -0.2) is 30.2 Å². The molecule has 2 rings (SSSR count). The van der Waals surface area contributed by atoms with Crippen LogP contribution >= 0.6 is 11.8 Å². The minimum absolute atomic E-state index is 0.0231. The van der Waals surface area contributed by atoms with Crippen LogP contribution in [0.1, 0.15) is 52.9 Å². The average Bonchev–Trinajstić information content (AvgIpc) is 2.58. The van der Waals surface area contributed by atoms with Crippen LogP contribution in [0.3, 0.4) is 0 Å². The normalized spacial score (nSPS) is 15.0. The minimum atomic E-state index is -0.0231. The van der Waals surface area contributed by atoms with E-state index in [1.807, 2.05) is 36.1 Å². The van der Waals surface area contributed by atoms with Crippen LogP contribution < -0.4 is 10.2 Å². The summed E-state index contributed by atoms with van der Waals surface area (Å²) in [5, 5.41) is 3.02. The number of para-hydroxylation sites is 1. The molecule has 1 heterocycles. The molecule has 0 saturated heterocycles. The van der Waals surface area contributed by atoms with Gasteiger partial charge in [0, 0.05) is 36.1 Å². The molecule has 1 unspecified atom stereocenters. The van der Waals surface area contributed by atoms with Crippen molar-refractivity contribution in [1.29, 1.82) is 0 Å².